The summed E-state index contributed by atoms with van der Waals surface area (Å²) in [5.74, 6) is 3.38. The van der Waals surface area contributed by atoms with Gasteiger partial charge in [0.05, 0.1) is 7.11 Å². The monoisotopic (exact) mass is 223 g/mol. The van der Waals surface area contributed by atoms with E-state index < -0.39 is 0 Å². The molecule has 84 valence electrons. The molecule has 0 aliphatic heterocycles. The molecule has 2 aromatic rings. The van der Waals surface area contributed by atoms with Gasteiger partial charge in [0.15, 0.2) is 0 Å². The van der Waals surface area contributed by atoms with Gasteiger partial charge in [0.1, 0.15) is 5.75 Å². The van der Waals surface area contributed by atoms with E-state index in [1.165, 1.54) is 0 Å². The predicted molar refractivity (Wildman–Crippen MR) is 68.9 cm³/mol. The predicted octanol–water partition coefficient (Wildman–Crippen LogP) is 3.05. The van der Waals surface area contributed by atoms with Crippen LogP contribution in [0.4, 0.5) is 0 Å². The first kappa shape index (κ1) is 11.2. The smallest absolute Gasteiger partial charge is 0.127 e. The molecule has 17 heavy (non-hydrogen) atoms. The summed E-state index contributed by atoms with van der Waals surface area (Å²) in [6.07, 6.45) is 7.16. The molecular weight excluding hydrogens is 210 g/mol. The Morgan fingerprint density at radius 3 is 2.71 bits per heavy atom. The van der Waals surface area contributed by atoms with Crippen molar-refractivity contribution in [2.45, 2.75) is 6.92 Å². The zero-order valence-corrected chi connectivity index (χ0v) is 9.90. The number of methoxy groups -OCH3 is 1. The maximum Gasteiger partial charge on any atom is 0.127 e. The number of rotatable bonds is 2. The van der Waals surface area contributed by atoms with Crippen LogP contribution in [-0.2, 0) is 0 Å². The number of hydrogen-bond donors (Lipinski definition) is 0. The van der Waals surface area contributed by atoms with Gasteiger partial charge in [-0.15, -0.1) is 6.42 Å². The molecule has 0 bridgehead atoms. The molecular formula is C15H13NO. The van der Waals surface area contributed by atoms with E-state index in [9.17, 15) is 0 Å². The second kappa shape index (κ2) is 4.71. The van der Waals surface area contributed by atoms with Gasteiger partial charge in [-0.1, -0.05) is 5.92 Å². The van der Waals surface area contributed by atoms with Gasteiger partial charge in [-0.05, 0) is 42.8 Å². The van der Waals surface area contributed by atoms with Crippen LogP contribution in [0.1, 0.15) is 11.3 Å². The van der Waals surface area contributed by atoms with E-state index in [1.54, 1.807) is 13.3 Å². The maximum atomic E-state index is 5.37. The molecule has 2 rings (SSSR count). The fourth-order valence-electron chi connectivity index (χ4n) is 1.73. The number of aryl methyl sites for hydroxylation is 1. The molecule has 0 amide bonds. The summed E-state index contributed by atoms with van der Waals surface area (Å²) >= 11 is 0. The van der Waals surface area contributed by atoms with E-state index in [2.05, 4.69) is 10.9 Å². The van der Waals surface area contributed by atoms with E-state index in [0.717, 1.165) is 28.1 Å². The van der Waals surface area contributed by atoms with Gasteiger partial charge in [0.2, 0.25) is 0 Å². The van der Waals surface area contributed by atoms with Crippen LogP contribution in [-0.4, -0.2) is 12.1 Å². The molecule has 0 atom stereocenters. The number of hydrogen-bond acceptors (Lipinski definition) is 2. The summed E-state index contributed by atoms with van der Waals surface area (Å²) in [6.45, 7) is 1.96. The molecule has 0 saturated carbocycles. The summed E-state index contributed by atoms with van der Waals surface area (Å²) in [6, 6.07) is 9.73. The molecule has 0 saturated heterocycles. The first-order chi connectivity index (χ1) is 8.24. The summed E-state index contributed by atoms with van der Waals surface area (Å²) < 4.78 is 5.37. The molecule has 1 aromatic carbocycles. The summed E-state index contributed by atoms with van der Waals surface area (Å²) in [7, 11) is 1.65. The Bertz CT molecular complexity index is 582. The Kier molecular flexibility index (Phi) is 3.11. The number of ether oxygens (including phenoxy) is 1. The third kappa shape index (κ3) is 2.29. The van der Waals surface area contributed by atoms with Crippen LogP contribution in [0.25, 0.3) is 11.1 Å². The summed E-state index contributed by atoms with van der Waals surface area (Å²) in [5.41, 5.74) is 3.90. The summed E-state index contributed by atoms with van der Waals surface area (Å²) in [5, 5.41) is 0. The first-order valence-electron chi connectivity index (χ1n) is 5.32. The lowest BCUT2D eigenvalue weighted by molar-refractivity contribution is 0.416. The zero-order chi connectivity index (χ0) is 12.3. The molecule has 2 heteroatoms. The normalized spacial score (nSPS) is 9.71. The number of benzene rings is 1. The van der Waals surface area contributed by atoms with Crippen LogP contribution in [0.15, 0.2) is 36.5 Å². The van der Waals surface area contributed by atoms with Gasteiger partial charge in [-0.2, -0.15) is 0 Å². The molecule has 1 heterocycles. The van der Waals surface area contributed by atoms with Crippen LogP contribution in [0, 0.1) is 19.3 Å². The highest BCUT2D eigenvalue weighted by Crippen LogP contribution is 2.30. The number of nitrogens with zero attached hydrogens (tertiary/aromatic N) is 1. The zero-order valence-electron chi connectivity index (χ0n) is 9.90. The topological polar surface area (TPSA) is 22.1 Å². The maximum absolute atomic E-state index is 5.37. The molecule has 2 nitrogen and oxygen atoms in total. The molecule has 0 N–H and O–H groups in total. The molecule has 1 aromatic heterocycles. The third-order valence-corrected chi connectivity index (χ3v) is 2.58. The standard InChI is InChI=1S/C15H13NO/c1-4-12-5-6-14(15(10-12)17-3)13-7-8-16-11(2)9-13/h1,5-10H,2-3H3. The number of pyridine rings is 1. The minimum atomic E-state index is 0.783. The second-order valence-corrected chi connectivity index (χ2v) is 3.75. The Labute approximate surface area is 101 Å². The molecule has 0 aliphatic rings. The molecule has 0 radical (unpaired) electrons. The van der Waals surface area contributed by atoms with Crippen LogP contribution in [0.5, 0.6) is 5.75 Å². The van der Waals surface area contributed by atoms with Crippen LogP contribution < -0.4 is 4.74 Å². The van der Waals surface area contributed by atoms with Crippen molar-refractivity contribution in [3.05, 3.63) is 47.8 Å². The van der Waals surface area contributed by atoms with Gasteiger partial charge in [0, 0.05) is 23.0 Å². The highest BCUT2D eigenvalue weighted by molar-refractivity contribution is 5.71. The SMILES string of the molecule is C#Cc1ccc(-c2ccnc(C)c2)c(OC)c1. The Balaban J connectivity index is 2.56. The van der Waals surface area contributed by atoms with Gasteiger partial charge in [0.25, 0.3) is 0 Å². The van der Waals surface area contributed by atoms with Gasteiger partial charge < -0.3 is 4.74 Å². The summed E-state index contributed by atoms with van der Waals surface area (Å²) in [4.78, 5) is 4.18. The van der Waals surface area contributed by atoms with E-state index in [1.807, 2.05) is 37.3 Å². The lowest BCUT2D eigenvalue weighted by atomic mass is 10.0. The largest absolute Gasteiger partial charge is 0.496 e. The Morgan fingerprint density at radius 1 is 1.24 bits per heavy atom. The lowest BCUT2D eigenvalue weighted by Gasteiger charge is -2.09. The Morgan fingerprint density at radius 2 is 2.06 bits per heavy atom. The highest BCUT2D eigenvalue weighted by Gasteiger charge is 2.06. The first-order valence-corrected chi connectivity index (χ1v) is 5.32. The molecule has 0 unspecified atom stereocenters. The number of terminal acetylenes is 1. The van der Waals surface area contributed by atoms with Crippen molar-refractivity contribution in [3.63, 3.8) is 0 Å². The van der Waals surface area contributed by atoms with Crippen molar-refractivity contribution >= 4 is 0 Å². The molecule has 0 fully saturated rings. The lowest BCUT2D eigenvalue weighted by Crippen LogP contribution is -1.90. The van der Waals surface area contributed by atoms with E-state index in [0.29, 0.717) is 0 Å². The van der Waals surface area contributed by atoms with Crippen molar-refractivity contribution in [1.82, 2.24) is 4.98 Å². The van der Waals surface area contributed by atoms with Gasteiger partial charge in [-0.25, -0.2) is 0 Å². The molecule has 0 spiro atoms. The quantitative estimate of drug-likeness (QED) is 0.730. The van der Waals surface area contributed by atoms with Crippen molar-refractivity contribution in [3.8, 4) is 29.2 Å². The van der Waals surface area contributed by atoms with Crippen molar-refractivity contribution < 1.29 is 4.74 Å². The second-order valence-electron chi connectivity index (χ2n) is 3.75. The van der Waals surface area contributed by atoms with Crippen LogP contribution >= 0.6 is 0 Å². The average Bonchev–Trinajstić information content (AvgIpc) is 2.38. The number of aromatic nitrogens is 1. The fourth-order valence-corrected chi connectivity index (χ4v) is 1.73. The van der Waals surface area contributed by atoms with Crippen molar-refractivity contribution in [1.29, 1.82) is 0 Å². The Hall–Kier alpha value is -2.27. The minimum Gasteiger partial charge on any atom is -0.496 e. The van der Waals surface area contributed by atoms with Crippen molar-refractivity contribution in [2.24, 2.45) is 0 Å². The van der Waals surface area contributed by atoms with Crippen molar-refractivity contribution in [2.75, 3.05) is 7.11 Å². The fraction of sp³-hybridized carbons (Fsp3) is 0.133. The van der Waals surface area contributed by atoms with Crippen LogP contribution in [0.3, 0.4) is 0 Å². The van der Waals surface area contributed by atoms with Gasteiger partial charge in [-0.3, -0.25) is 4.98 Å². The van der Waals surface area contributed by atoms with Crippen LogP contribution in [0.2, 0.25) is 0 Å². The van der Waals surface area contributed by atoms with Gasteiger partial charge >= 0.3 is 0 Å². The van der Waals surface area contributed by atoms with E-state index in [-0.39, 0.29) is 0 Å². The average molecular weight is 223 g/mol. The minimum absolute atomic E-state index is 0.783. The highest BCUT2D eigenvalue weighted by atomic mass is 16.5. The van der Waals surface area contributed by atoms with E-state index in [4.69, 9.17) is 11.2 Å². The van der Waals surface area contributed by atoms with E-state index >= 15 is 0 Å². The third-order valence-electron chi connectivity index (χ3n) is 2.58. The molecule has 0 aliphatic carbocycles.